The molecule has 6 nitrogen and oxygen atoms in total. The predicted octanol–water partition coefficient (Wildman–Crippen LogP) is 4.50. The van der Waals surface area contributed by atoms with Crippen molar-refractivity contribution >= 4 is 5.91 Å². The number of hydrogen-bond donors (Lipinski definition) is 1. The fourth-order valence-electron chi connectivity index (χ4n) is 5.13. The van der Waals surface area contributed by atoms with E-state index in [9.17, 15) is 4.79 Å². The summed E-state index contributed by atoms with van der Waals surface area (Å²) in [6.45, 7) is 11.5. The maximum absolute atomic E-state index is 12.9. The number of carbonyl (C=O) groups excluding carboxylic acids is 1. The highest BCUT2D eigenvalue weighted by Gasteiger charge is 2.14. The van der Waals surface area contributed by atoms with E-state index in [1.54, 1.807) is 0 Å². The van der Waals surface area contributed by atoms with Gasteiger partial charge in [-0.25, -0.2) is 0 Å². The smallest absolute Gasteiger partial charge is 0.251 e. The molecule has 2 heterocycles. The maximum atomic E-state index is 12.9. The first-order valence-corrected chi connectivity index (χ1v) is 13.9. The van der Waals surface area contributed by atoms with Crippen LogP contribution in [-0.2, 0) is 17.7 Å². The SMILES string of the molecule is CCCN1CCCCCOc2ccc(C(=O)NCCCN3CCOCC3)cc2Cc2cccc(c2)C1. The number of benzene rings is 2. The lowest BCUT2D eigenvalue weighted by Crippen LogP contribution is -2.38. The third-order valence-corrected chi connectivity index (χ3v) is 7.07. The molecule has 2 aromatic carbocycles. The van der Waals surface area contributed by atoms with Crippen molar-refractivity contribution < 1.29 is 14.3 Å². The van der Waals surface area contributed by atoms with E-state index in [0.29, 0.717) is 18.7 Å². The Labute approximate surface area is 217 Å². The molecular weight excluding hydrogens is 450 g/mol. The van der Waals surface area contributed by atoms with Gasteiger partial charge in [-0.2, -0.15) is 0 Å². The van der Waals surface area contributed by atoms with Gasteiger partial charge in [0, 0.05) is 38.2 Å². The van der Waals surface area contributed by atoms with Gasteiger partial charge < -0.3 is 14.8 Å². The molecule has 2 aromatic rings. The molecule has 0 aliphatic carbocycles. The summed E-state index contributed by atoms with van der Waals surface area (Å²) < 4.78 is 11.6. The Morgan fingerprint density at radius 3 is 2.64 bits per heavy atom. The molecule has 0 unspecified atom stereocenters. The second-order valence-corrected chi connectivity index (χ2v) is 10.1. The standard InChI is InChI=1S/C30H43N3O3/c1-2-13-33-14-4-3-5-18-36-29-11-10-27(23-28(29)22-25-8-6-9-26(21-25)24-33)30(34)31-12-7-15-32-16-19-35-20-17-32/h6,8-11,21,23H,2-5,7,12-20,22,24H2,1H3,(H,31,34). The summed E-state index contributed by atoms with van der Waals surface area (Å²) in [6, 6.07) is 14.8. The first-order chi connectivity index (χ1) is 17.7. The highest BCUT2D eigenvalue weighted by Crippen LogP contribution is 2.25. The molecule has 4 rings (SSSR count). The van der Waals surface area contributed by atoms with Crippen LogP contribution in [-0.4, -0.2) is 74.8 Å². The molecular formula is C30H43N3O3. The molecule has 2 aliphatic heterocycles. The number of fused-ring (bicyclic) bond motifs is 3. The monoisotopic (exact) mass is 493 g/mol. The molecule has 1 amide bonds. The van der Waals surface area contributed by atoms with Crippen molar-refractivity contribution in [3.8, 4) is 5.75 Å². The van der Waals surface area contributed by atoms with Crippen molar-refractivity contribution in [2.75, 3.05) is 59.1 Å². The number of rotatable bonds is 7. The molecule has 2 aliphatic rings. The molecule has 0 aromatic heterocycles. The number of nitrogens with one attached hydrogen (secondary N) is 1. The summed E-state index contributed by atoms with van der Waals surface area (Å²) in [5, 5.41) is 3.11. The van der Waals surface area contributed by atoms with Gasteiger partial charge in [0.2, 0.25) is 0 Å². The van der Waals surface area contributed by atoms with Gasteiger partial charge in [-0.15, -0.1) is 0 Å². The number of morpholine rings is 1. The molecule has 1 saturated heterocycles. The van der Waals surface area contributed by atoms with Crippen LogP contribution in [0.4, 0.5) is 0 Å². The van der Waals surface area contributed by atoms with Gasteiger partial charge in [-0.3, -0.25) is 14.6 Å². The summed E-state index contributed by atoms with van der Waals surface area (Å²) in [7, 11) is 0. The van der Waals surface area contributed by atoms with E-state index in [0.717, 1.165) is 83.1 Å². The minimum atomic E-state index is -0.0110. The molecule has 1 fully saturated rings. The summed E-state index contributed by atoms with van der Waals surface area (Å²) in [5.41, 5.74) is 4.40. The predicted molar refractivity (Wildman–Crippen MR) is 145 cm³/mol. The topological polar surface area (TPSA) is 54.0 Å². The van der Waals surface area contributed by atoms with Crippen molar-refractivity contribution in [1.82, 2.24) is 15.1 Å². The molecule has 196 valence electrons. The molecule has 6 heteroatoms. The quantitative estimate of drug-likeness (QED) is 0.576. The zero-order valence-electron chi connectivity index (χ0n) is 22.0. The number of carbonyl (C=O) groups is 1. The molecule has 0 radical (unpaired) electrons. The van der Waals surface area contributed by atoms with E-state index in [1.165, 1.54) is 30.4 Å². The van der Waals surface area contributed by atoms with Crippen LogP contribution in [0.2, 0.25) is 0 Å². The Hall–Kier alpha value is -2.41. The lowest BCUT2D eigenvalue weighted by molar-refractivity contribution is 0.0374. The first-order valence-electron chi connectivity index (χ1n) is 13.9. The van der Waals surface area contributed by atoms with Crippen molar-refractivity contribution in [3.63, 3.8) is 0 Å². The Kier molecular flexibility index (Phi) is 10.6. The average Bonchev–Trinajstić information content (AvgIpc) is 2.89. The van der Waals surface area contributed by atoms with Crippen molar-refractivity contribution in [2.24, 2.45) is 0 Å². The van der Waals surface area contributed by atoms with Crippen LogP contribution in [0, 0.1) is 0 Å². The lowest BCUT2D eigenvalue weighted by atomic mass is 9.99. The summed E-state index contributed by atoms with van der Waals surface area (Å²) >= 11 is 0. The zero-order chi connectivity index (χ0) is 25.0. The number of nitrogens with zero attached hydrogens (tertiary/aromatic N) is 2. The van der Waals surface area contributed by atoms with E-state index in [-0.39, 0.29) is 5.91 Å². The molecule has 36 heavy (non-hydrogen) atoms. The van der Waals surface area contributed by atoms with Crippen LogP contribution in [0.1, 0.15) is 66.1 Å². The molecule has 0 atom stereocenters. The first kappa shape index (κ1) is 26.6. The Bertz CT molecular complexity index is 958. The van der Waals surface area contributed by atoms with Crippen LogP contribution in [0.25, 0.3) is 0 Å². The number of amides is 1. The van der Waals surface area contributed by atoms with Crippen LogP contribution in [0.15, 0.2) is 42.5 Å². The minimum Gasteiger partial charge on any atom is -0.493 e. The molecule has 0 spiro atoms. The molecule has 2 bridgehead atoms. The molecule has 0 saturated carbocycles. The van der Waals surface area contributed by atoms with E-state index >= 15 is 0 Å². The van der Waals surface area contributed by atoms with Gasteiger partial charge in [0.25, 0.3) is 5.91 Å². The van der Waals surface area contributed by atoms with Gasteiger partial charge in [-0.1, -0.05) is 31.2 Å². The Morgan fingerprint density at radius 1 is 0.917 bits per heavy atom. The average molecular weight is 494 g/mol. The van der Waals surface area contributed by atoms with Crippen LogP contribution < -0.4 is 10.1 Å². The Balaban J connectivity index is 1.42. The van der Waals surface area contributed by atoms with Crippen molar-refractivity contribution in [1.29, 1.82) is 0 Å². The van der Waals surface area contributed by atoms with Crippen LogP contribution in [0.3, 0.4) is 0 Å². The fraction of sp³-hybridized carbons (Fsp3) is 0.567. The third kappa shape index (κ3) is 8.32. The van der Waals surface area contributed by atoms with Gasteiger partial charge in [0.05, 0.1) is 19.8 Å². The van der Waals surface area contributed by atoms with E-state index in [2.05, 4.69) is 46.3 Å². The highest BCUT2D eigenvalue weighted by atomic mass is 16.5. The van der Waals surface area contributed by atoms with Gasteiger partial charge >= 0.3 is 0 Å². The Morgan fingerprint density at radius 2 is 1.78 bits per heavy atom. The van der Waals surface area contributed by atoms with Crippen LogP contribution in [0.5, 0.6) is 5.75 Å². The summed E-state index contributed by atoms with van der Waals surface area (Å²) in [6.07, 6.45) is 6.29. The largest absolute Gasteiger partial charge is 0.493 e. The summed E-state index contributed by atoms with van der Waals surface area (Å²) in [5.74, 6) is 0.886. The maximum Gasteiger partial charge on any atom is 0.251 e. The minimum absolute atomic E-state index is 0.0110. The molecule has 1 N–H and O–H groups in total. The van der Waals surface area contributed by atoms with Crippen LogP contribution >= 0.6 is 0 Å². The highest BCUT2D eigenvalue weighted by molar-refractivity contribution is 5.94. The fourth-order valence-corrected chi connectivity index (χ4v) is 5.13. The van der Waals surface area contributed by atoms with Gasteiger partial charge in [0.15, 0.2) is 0 Å². The lowest BCUT2D eigenvalue weighted by Gasteiger charge is -2.26. The van der Waals surface area contributed by atoms with E-state index in [4.69, 9.17) is 9.47 Å². The van der Waals surface area contributed by atoms with E-state index < -0.39 is 0 Å². The normalized spacial score (nSPS) is 18.0. The zero-order valence-corrected chi connectivity index (χ0v) is 22.0. The number of ether oxygens (including phenoxy) is 2. The van der Waals surface area contributed by atoms with E-state index in [1.807, 2.05) is 18.2 Å². The number of hydrogen-bond acceptors (Lipinski definition) is 5. The van der Waals surface area contributed by atoms with Crippen molar-refractivity contribution in [3.05, 3.63) is 64.7 Å². The second-order valence-electron chi connectivity index (χ2n) is 10.1. The van der Waals surface area contributed by atoms with Crippen molar-refractivity contribution in [2.45, 2.75) is 52.0 Å². The van der Waals surface area contributed by atoms with Gasteiger partial charge in [-0.05, 0) is 86.6 Å². The second kappa shape index (κ2) is 14.4. The summed E-state index contributed by atoms with van der Waals surface area (Å²) in [4.78, 5) is 17.9. The third-order valence-electron chi connectivity index (χ3n) is 7.07. The van der Waals surface area contributed by atoms with Gasteiger partial charge in [0.1, 0.15) is 5.75 Å².